The molecule has 2 aromatic carbocycles. The van der Waals surface area contributed by atoms with E-state index in [0.717, 1.165) is 4.90 Å². The third-order valence-electron chi connectivity index (χ3n) is 4.92. The van der Waals surface area contributed by atoms with Crippen molar-refractivity contribution >= 4 is 29.1 Å². The molecule has 0 fully saturated rings. The number of allylic oxidation sites excluding steroid dienone is 2. The standard InChI is InChI=1S/C21H12N4O4/c26-18-9-17(19(27)14-6-2-1-5-13(14)18)25-11-12(22-23-25)10-24-20(28)15-7-3-4-8-16(15)21(24)29/h1-9,11H,10H2. The average molecular weight is 384 g/mol. The molecule has 0 bridgehead atoms. The first kappa shape index (κ1) is 16.9. The molecule has 2 amide bonds. The van der Waals surface area contributed by atoms with Crippen molar-refractivity contribution in [3.63, 3.8) is 0 Å². The van der Waals surface area contributed by atoms with Crippen LogP contribution in [0.4, 0.5) is 0 Å². The molecule has 5 rings (SSSR count). The quantitative estimate of drug-likeness (QED) is 0.640. The van der Waals surface area contributed by atoms with Crippen LogP contribution in [0.25, 0.3) is 5.70 Å². The van der Waals surface area contributed by atoms with Crippen molar-refractivity contribution < 1.29 is 19.2 Å². The Morgan fingerprint density at radius 2 is 1.34 bits per heavy atom. The number of fused-ring (bicyclic) bond motifs is 2. The number of carbonyl (C=O) groups excluding carboxylic acids is 4. The van der Waals surface area contributed by atoms with Gasteiger partial charge in [-0.1, -0.05) is 41.6 Å². The normalized spacial score (nSPS) is 15.4. The second kappa shape index (κ2) is 6.16. The largest absolute Gasteiger partial charge is 0.289 e. The summed E-state index contributed by atoms with van der Waals surface area (Å²) in [5, 5.41) is 7.88. The minimum Gasteiger partial charge on any atom is -0.289 e. The zero-order valence-electron chi connectivity index (χ0n) is 14.9. The van der Waals surface area contributed by atoms with Crippen LogP contribution in [-0.4, -0.2) is 43.3 Å². The van der Waals surface area contributed by atoms with E-state index in [-0.39, 0.29) is 23.8 Å². The van der Waals surface area contributed by atoms with Crippen LogP contribution in [0, 0.1) is 0 Å². The molecular formula is C21H12N4O4. The number of rotatable bonds is 3. The van der Waals surface area contributed by atoms with Gasteiger partial charge in [-0.2, -0.15) is 0 Å². The third kappa shape index (κ3) is 2.53. The number of aromatic nitrogens is 3. The Hall–Kier alpha value is -4.20. The molecule has 1 aromatic heterocycles. The lowest BCUT2D eigenvalue weighted by molar-refractivity contribution is 0.0640. The minimum absolute atomic E-state index is 0.0646. The molecule has 0 radical (unpaired) electrons. The van der Waals surface area contributed by atoms with Crippen LogP contribution in [0.3, 0.4) is 0 Å². The summed E-state index contributed by atoms with van der Waals surface area (Å²) in [6, 6.07) is 13.1. The fourth-order valence-corrected chi connectivity index (χ4v) is 3.50. The number of hydrogen-bond acceptors (Lipinski definition) is 6. The van der Waals surface area contributed by atoms with Gasteiger partial charge in [0.05, 0.1) is 23.9 Å². The van der Waals surface area contributed by atoms with Gasteiger partial charge >= 0.3 is 0 Å². The number of Topliss-reactive ketones (excluding diaryl/α,β-unsaturated/α-hetero) is 1. The van der Waals surface area contributed by atoms with E-state index in [1.807, 2.05) is 0 Å². The minimum atomic E-state index is -0.405. The van der Waals surface area contributed by atoms with E-state index in [4.69, 9.17) is 0 Å². The molecule has 2 heterocycles. The number of carbonyl (C=O) groups is 4. The summed E-state index contributed by atoms with van der Waals surface area (Å²) < 4.78 is 1.20. The van der Waals surface area contributed by atoms with Crippen molar-refractivity contribution in [1.29, 1.82) is 0 Å². The van der Waals surface area contributed by atoms with Gasteiger partial charge in [-0.05, 0) is 12.1 Å². The zero-order valence-corrected chi connectivity index (χ0v) is 14.9. The van der Waals surface area contributed by atoms with Gasteiger partial charge in [0.25, 0.3) is 11.8 Å². The Labute approximate surface area is 164 Å². The molecule has 29 heavy (non-hydrogen) atoms. The van der Waals surface area contributed by atoms with Crippen molar-refractivity contribution in [2.24, 2.45) is 0 Å². The topological polar surface area (TPSA) is 102 Å². The highest BCUT2D eigenvalue weighted by Crippen LogP contribution is 2.25. The first-order valence-electron chi connectivity index (χ1n) is 8.81. The van der Waals surface area contributed by atoms with E-state index in [1.54, 1.807) is 48.5 Å². The van der Waals surface area contributed by atoms with Gasteiger partial charge in [0.1, 0.15) is 11.4 Å². The summed E-state index contributed by atoms with van der Waals surface area (Å²) in [4.78, 5) is 51.1. The molecule has 0 spiro atoms. The van der Waals surface area contributed by atoms with Gasteiger partial charge in [-0.25, -0.2) is 4.68 Å². The van der Waals surface area contributed by atoms with Crippen molar-refractivity contribution in [2.75, 3.05) is 0 Å². The fourth-order valence-electron chi connectivity index (χ4n) is 3.50. The second-order valence-electron chi connectivity index (χ2n) is 6.67. The fraction of sp³-hybridized carbons (Fsp3) is 0.0476. The summed E-state index contributed by atoms with van der Waals surface area (Å²) in [6.07, 6.45) is 2.65. The summed E-state index contributed by atoms with van der Waals surface area (Å²) in [5.41, 5.74) is 1.71. The maximum absolute atomic E-state index is 12.7. The van der Waals surface area contributed by atoms with Crippen molar-refractivity contribution in [2.45, 2.75) is 6.54 Å². The predicted octanol–water partition coefficient (Wildman–Crippen LogP) is 1.99. The Kier molecular flexibility index (Phi) is 3.60. The SMILES string of the molecule is O=C1C=C(n2cc(CN3C(=O)c4ccccc4C3=O)nn2)C(=O)c2ccccc21. The molecule has 1 aliphatic heterocycles. The molecule has 0 unspecified atom stereocenters. The first-order chi connectivity index (χ1) is 14.0. The Balaban J connectivity index is 1.43. The number of imide groups is 1. The zero-order chi connectivity index (χ0) is 20.1. The molecule has 2 aliphatic rings. The van der Waals surface area contributed by atoms with Gasteiger partial charge in [0.2, 0.25) is 5.78 Å². The first-order valence-corrected chi connectivity index (χ1v) is 8.81. The second-order valence-corrected chi connectivity index (χ2v) is 6.67. The van der Waals surface area contributed by atoms with Gasteiger partial charge < -0.3 is 0 Å². The maximum atomic E-state index is 12.7. The molecule has 140 valence electrons. The molecule has 0 atom stereocenters. The number of amides is 2. The van der Waals surface area contributed by atoms with Gasteiger partial charge in [0, 0.05) is 17.2 Å². The van der Waals surface area contributed by atoms with E-state index in [9.17, 15) is 19.2 Å². The molecule has 0 saturated carbocycles. The number of nitrogens with zero attached hydrogens (tertiary/aromatic N) is 4. The highest BCUT2D eigenvalue weighted by molar-refractivity contribution is 6.35. The van der Waals surface area contributed by atoms with E-state index in [1.165, 1.54) is 17.0 Å². The molecule has 8 heteroatoms. The van der Waals surface area contributed by atoms with Crippen LogP contribution in [0.1, 0.15) is 47.1 Å². The highest BCUT2D eigenvalue weighted by atomic mass is 16.2. The summed E-state index contributed by atoms with van der Waals surface area (Å²) in [7, 11) is 0. The van der Waals surface area contributed by atoms with Crippen molar-refractivity contribution in [3.8, 4) is 0 Å². The van der Waals surface area contributed by atoms with Gasteiger partial charge in [-0.15, -0.1) is 5.10 Å². The van der Waals surface area contributed by atoms with Gasteiger partial charge in [0.15, 0.2) is 5.78 Å². The number of hydrogen-bond donors (Lipinski definition) is 0. The summed E-state index contributed by atoms with van der Waals surface area (Å²) >= 11 is 0. The maximum Gasteiger partial charge on any atom is 0.261 e. The summed E-state index contributed by atoms with van der Waals surface area (Å²) in [5.74, 6) is -1.46. The predicted molar refractivity (Wildman–Crippen MR) is 100 cm³/mol. The number of benzene rings is 2. The summed E-state index contributed by atoms with van der Waals surface area (Å²) in [6.45, 7) is -0.0850. The smallest absolute Gasteiger partial charge is 0.261 e. The average Bonchev–Trinajstić information content (AvgIpc) is 3.30. The Morgan fingerprint density at radius 3 is 2.00 bits per heavy atom. The third-order valence-corrected chi connectivity index (χ3v) is 4.92. The molecule has 0 N–H and O–H groups in total. The molecule has 3 aromatic rings. The monoisotopic (exact) mass is 384 g/mol. The van der Waals surface area contributed by atoms with Crippen LogP contribution in [0.2, 0.25) is 0 Å². The molecule has 8 nitrogen and oxygen atoms in total. The van der Waals surface area contributed by atoms with E-state index >= 15 is 0 Å². The lowest BCUT2D eigenvalue weighted by atomic mass is 9.93. The van der Waals surface area contributed by atoms with Crippen LogP contribution in [-0.2, 0) is 6.54 Å². The van der Waals surface area contributed by atoms with Crippen LogP contribution in [0.15, 0.2) is 60.8 Å². The Morgan fingerprint density at radius 1 is 0.759 bits per heavy atom. The van der Waals surface area contributed by atoms with Crippen molar-refractivity contribution in [1.82, 2.24) is 19.9 Å². The van der Waals surface area contributed by atoms with E-state index in [0.29, 0.717) is 27.9 Å². The number of ketones is 2. The van der Waals surface area contributed by atoms with E-state index in [2.05, 4.69) is 10.3 Å². The van der Waals surface area contributed by atoms with Gasteiger partial charge in [-0.3, -0.25) is 24.1 Å². The molecule has 1 aliphatic carbocycles. The van der Waals surface area contributed by atoms with E-state index < -0.39 is 11.8 Å². The van der Waals surface area contributed by atoms with Crippen LogP contribution in [0.5, 0.6) is 0 Å². The van der Waals surface area contributed by atoms with Crippen molar-refractivity contribution in [3.05, 3.63) is 88.8 Å². The highest BCUT2D eigenvalue weighted by Gasteiger charge is 2.35. The van der Waals surface area contributed by atoms with Crippen LogP contribution >= 0.6 is 0 Å². The lowest BCUT2D eigenvalue weighted by Gasteiger charge is -2.14. The molecular weight excluding hydrogens is 372 g/mol. The Bertz CT molecular complexity index is 1240. The van der Waals surface area contributed by atoms with Crippen LogP contribution < -0.4 is 0 Å². The lowest BCUT2D eigenvalue weighted by Crippen LogP contribution is -2.29. The molecule has 0 saturated heterocycles.